The third-order valence-electron chi connectivity index (χ3n) is 4.49. The number of nitrogens with zero attached hydrogens (tertiary/aromatic N) is 2. The number of hydrogen-bond donors (Lipinski definition) is 1. The summed E-state index contributed by atoms with van der Waals surface area (Å²) in [6.45, 7) is 3.96. The molecular weight excluding hydrogens is 390 g/mol. The lowest BCUT2D eigenvalue weighted by molar-refractivity contribution is -0.118. The molecule has 0 aliphatic rings. The third kappa shape index (κ3) is 5.19. The Hall–Kier alpha value is -4.32. The number of para-hydroxylation sites is 2. The molecule has 0 unspecified atom stereocenters. The molecule has 0 atom stereocenters. The summed E-state index contributed by atoms with van der Waals surface area (Å²) in [6, 6.07) is 24.1. The van der Waals surface area contributed by atoms with E-state index >= 15 is 0 Å². The van der Waals surface area contributed by atoms with Gasteiger partial charge in [-0.25, -0.2) is 4.98 Å². The van der Waals surface area contributed by atoms with Crippen LogP contribution in [-0.4, -0.2) is 22.1 Å². The summed E-state index contributed by atoms with van der Waals surface area (Å²) in [5.74, 6) is 1.75. The SMILES string of the molecule is C=C(c1ccccc1OCC(=O)Nc1ccc(Oc2ccccc2)cc1)n1ccnc1. The van der Waals surface area contributed by atoms with Crippen molar-refractivity contribution in [3.8, 4) is 17.2 Å². The highest BCUT2D eigenvalue weighted by atomic mass is 16.5. The lowest BCUT2D eigenvalue weighted by atomic mass is 10.1. The Balaban J connectivity index is 1.34. The molecule has 0 aliphatic heterocycles. The van der Waals surface area contributed by atoms with Gasteiger partial charge in [0.1, 0.15) is 17.2 Å². The Morgan fingerprint density at radius 2 is 1.65 bits per heavy atom. The van der Waals surface area contributed by atoms with Crippen LogP contribution in [0.15, 0.2) is 104 Å². The molecule has 0 bridgehead atoms. The summed E-state index contributed by atoms with van der Waals surface area (Å²) < 4.78 is 13.3. The third-order valence-corrected chi connectivity index (χ3v) is 4.49. The molecule has 6 heteroatoms. The Bertz CT molecular complexity index is 1150. The number of rotatable bonds is 8. The summed E-state index contributed by atoms with van der Waals surface area (Å²) in [6.07, 6.45) is 5.15. The van der Waals surface area contributed by atoms with Crippen LogP contribution in [0.3, 0.4) is 0 Å². The van der Waals surface area contributed by atoms with Crippen molar-refractivity contribution in [2.24, 2.45) is 0 Å². The van der Waals surface area contributed by atoms with Gasteiger partial charge in [0.2, 0.25) is 0 Å². The molecule has 1 N–H and O–H groups in total. The maximum Gasteiger partial charge on any atom is 0.262 e. The molecule has 4 aromatic rings. The lowest BCUT2D eigenvalue weighted by Gasteiger charge is -2.14. The molecule has 1 amide bonds. The van der Waals surface area contributed by atoms with Gasteiger partial charge < -0.3 is 19.4 Å². The number of hydrogen-bond acceptors (Lipinski definition) is 4. The summed E-state index contributed by atoms with van der Waals surface area (Å²) in [5.41, 5.74) is 2.16. The van der Waals surface area contributed by atoms with E-state index in [1.165, 1.54) is 0 Å². The zero-order chi connectivity index (χ0) is 21.5. The minimum absolute atomic E-state index is 0.128. The van der Waals surface area contributed by atoms with Crippen LogP contribution in [0.4, 0.5) is 5.69 Å². The number of aromatic nitrogens is 2. The molecule has 0 fully saturated rings. The van der Waals surface area contributed by atoms with Gasteiger partial charge in [0, 0.05) is 23.6 Å². The van der Waals surface area contributed by atoms with Gasteiger partial charge >= 0.3 is 0 Å². The van der Waals surface area contributed by atoms with Crippen LogP contribution < -0.4 is 14.8 Å². The summed E-state index contributed by atoms with van der Waals surface area (Å²) in [7, 11) is 0. The summed E-state index contributed by atoms with van der Waals surface area (Å²) in [5, 5.41) is 2.82. The van der Waals surface area contributed by atoms with E-state index in [-0.39, 0.29) is 12.5 Å². The van der Waals surface area contributed by atoms with E-state index in [2.05, 4.69) is 16.9 Å². The maximum atomic E-state index is 12.4. The molecule has 3 aromatic carbocycles. The molecule has 1 heterocycles. The van der Waals surface area contributed by atoms with Crippen molar-refractivity contribution < 1.29 is 14.3 Å². The normalized spacial score (nSPS) is 10.3. The largest absolute Gasteiger partial charge is 0.483 e. The maximum absolute atomic E-state index is 12.4. The first-order valence-electron chi connectivity index (χ1n) is 9.71. The quantitative estimate of drug-likeness (QED) is 0.432. The Labute approximate surface area is 180 Å². The van der Waals surface area contributed by atoms with Crippen molar-refractivity contribution in [2.75, 3.05) is 11.9 Å². The number of ether oxygens (including phenoxy) is 2. The topological polar surface area (TPSA) is 65.4 Å². The second-order valence-corrected chi connectivity index (χ2v) is 6.69. The van der Waals surface area contributed by atoms with E-state index in [0.29, 0.717) is 22.9 Å². The van der Waals surface area contributed by atoms with E-state index in [0.717, 1.165) is 11.3 Å². The van der Waals surface area contributed by atoms with Crippen LogP contribution in [0.2, 0.25) is 0 Å². The predicted molar refractivity (Wildman–Crippen MR) is 120 cm³/mol. The second-order valence-electron chi connectivity index (χ2n) is 6.69. The van der Waals surface area contributed by atoms with Crippen LogP contribution in [0.1, 0.15) is 5.56 Å². The summed E-state index contributed by atoms with van der Waals surface area (Å²) in [4.78, 5) is 16.4. The van der Waals surface area contributed by atoms with E-state index in [1.54, 1.807) is 53.6 Å². The van der Waals surface area contributed by atoms with Crippen molar-refractivity contribution in [2.45, 2.75) is 0 Å². The first kappa shape index (κ1) is 20.0. The Morgan fingerprint density at radius 3 is 2.39 bits per heavy atom. The number of amides is 1. The second kappa shape index (κ2) is 9.45. The van der Waals surface area contributed by atoms with Crippen molar-refractivity contribution in [1.29, 1.82) is 0 Å². The average molecular weight is 411 g/mol. The average Bonchev–Trinajstić information content (AvgIpc) is 3.34. The lowest BCUT2D eigenvalue weighted by Crippen LogP contribution is -2.20. The predicted octanol–water partition coefficient (Wildman–Crippen LogP) is 5.21. The first-order chi connectivity index (χ1) is 15.2. The fourth-order valence-electron chi connectivity index (χ4n) is 2.96. The molecule has 0 spiro atoms. The van der Waals surface area contributed by atoms with Gasteiger partial charge in [0.05, 0.1) is 12.0 Å². The highest BCUT2D eigenvalue weighted by Crippen LogP contribution is 2.26. The number of imidazole rings is 1. The van der Waals surface area contributed by atoms with Gasteiger partial charge in [-0.15, -0.1) is 0 Å². The Kier molecular flexibility index (Phi) is 6.09. The van der Waals surface area contributed by atoms with Crippen LogP contribution in [0.25, 0.3) is 5.70 Å². The molecule has 1 aromatic heterocycles. The number of benzene rings is 3. The first-order valence-corrected chi connectivity index (χ1v) is 9.71. The van der Waals surface area contributed by atoms with E-state index in [1.807, 2.05) is 48.5 Å². The van der Waals surface area contributed by atoms with Gasteiger partial charge in [-0.3, -0.25) is 4.79 Å². The zero-order valence-electron chi connectivity index (χ0n) is 16.8. The van der Waals surface area contributed by atoms with Crippen LogP contribution in [0.5, 0.6) is 17.2 Å². The van der Waals surface area contributed by atoms with E-state index in [9.17, 15) is 4.79 Å². The van der Waals surface area contributed by atoms with E-state index in [4.69, 9.17) is 9.47 Å². The molecule has 4 rings (SSSR count). The van der Waals surface area contributed by atoms with Crippen LogP contribution in [-0.2, 0) is 4.79 Å². The van der Waals surface area contributed by atoms with Gasteiger partial charge in [-0.05, 0) is 48.5 Å². The summed E-state index contributed by atoms with van der Waals surface area (Å²) >= 11 is 0. The minimum Gasteiger partial charge on any atom is -0.483 e. The monoisotopic (exact) mass is 411 g/mol. The van der Waals surface area contributed by atoms with Gasteiger partial charge in [0.15, 0.2) is 6.61 Å². The van der Waals surface area contributed by atoms with Gasteiger partial charge in [0.25, 0.3) is 5.91 Å². The van der Waals surface area contributed by atoms with Gasteiger partial charge in [-0.2, -0.15) is 0 Å². The molecule has 154 valence electrons. The highest BCUT2D eigenvalue weighted by molar-refractivity contribution is 5.92. The number of carbonyl (C=O) groups is 1. The molecule has 0 saturated heterocycles. The molecule has 0 radical (unpaired) electrons. The molecular formula is C25H21N3O3. The molecule has 0 aliphatic carbocycles. The fourth-order valence-corrected chi connectivity index (χ4v) is 2.96. The Morgan fingerprint density at radius 1 is 0.935 bits per heavy atom. The standard InChI is InChI=1S/C25H21N3O3/c1-19(28-16-15-26-18-28)23-9-5-6-10-24(23)30-17-25(29)27-20-11-13-22(14-12-20)31-21-7-3-2-4-8-21/h2-16,18H,1,17H2,(H,27,29). The van der Waals surface area contributed by atoms with Crippen LogP contribution in [0, 0.1) is 0 Å². The van der Waals surface area contributed by atoms with Crippen LogP contribution >= 0.6 is 0 Å². The minimum atomic E-state index is -0.264. The molecule has 0 saturated carbocycles. The number of carbonyl (C=O) groups excluding carboxylic acids is 1. The highest BCUT2D eigenvalue weighted by Gasteiger charge is 2.11. The molecule has 31 heavy (non-hydrogen) atoms. The van der Waals surface area contributed by atoms with Crippen molar-refractivity contribution in [1.82, 2.24) is 9.55 Å². The van der Waals surface area contributed by atoms with Crippen molar-refractivity contribution >= 4 is 17.3 Å². The zero-order valence-corrected chi connectivity index (χ0v) is 16.8. The van der Waals surface area contributed by atoms with Crippen molar-refractivity contribution in [3.05, 3.63) is 110 Å². The smallest absolute Gasteiger partial charge is 0.262 e. The van der Waals surface area contributed by atoms with Crippen molar-refractivity contribution in [3.63, 3.8) is 0 Å². The van der Waals surface area contributed by atoms with E-state index < -0.39 is 0 Å². The van der Waals surface area contributed by atoms with Gasteiger partial charge in [-0.1, -0.05) is 36.9 Å². The number of anilines is 1. The number of nitrogens with one attached hydrogen (secondary N) is 1. The fraction of sp³-hybridized carbons (Fsp3) is 0.0400. The molecule has 6 nitrogen and oxygen atoms in total.